The molecule has 1 unspecified atom stereocenters. The first-order chi connectivity index (χ1) is 16.0. The summed E-state index contributed by atoms with van der Waals surface area (Å²) in [6.45, 7) is 10.1. The molecule has 1 aromatic heterocycles. The lowest BCUT2D eigenvalue weighted by Crippen LogP contribution is -2.33. The maximum Gasteiger partial charge on any atom is 0.293 e. The summed E-state index contributed by atoms with van der Waals surface area (Å²) < 4.78 is 17.4. The average molecular weight is 457 g/mol. The molecule has 0 amide bonds. The van der Waals surface area contributed by atoms with E-state index in [1.165, 1.54) is 25.9 Å². The number of hydrogen-bond acceptors (Lipinski definition) is 8. The van der Waals surface area contributed by atoms with Crippen LogP contribution in [0.5, 0.6) is 11.5 Å². The Labute approximate surface area is 196 Å². The van der Waals surface area contributed by atoms with Crippen LogP contribution in [0.3, 0.4) is 0 Å². The Morgan fingerprint density at radius 3 is 2.73 bits per heavy atom. The van der Waals surface area contributed by atoms with Gasteiger partial charge in [0.15, 0.2) is 11.5 Å². The van der Waals surface area contributed by atoms with Gasteiger partial charge in [-0.25, -0.2) is 4.98 Å². The smallest absolute Gasteiger partial charge is 0.293 e. The third kappa shape index (κ3) is 5.33. The third-order valence-corrected chi connectivity index (χ3v) is 6.36. The second-order valence-corrected chi connectivity index (χ2v) is 9.34. The van der Waals surface area contributed by atoms with Crippen LogP contribution in [0.15, 0.2) is 12.1 Å². The summed E-state index contributed by atoms with van der Waals surface area (Å²) in [5.41, 5.74) is 2.85. The van der Waals surface area contributed by atoms with Gasteiger partial charge in [0.2, 0.25) is 0 Å². The molecule has 4 rings (SSSR count). The number of nitrogens with zero attached hydrogens (tertiary/aromatic N) is 3. The largest absolute Gasteiger partial charge is 0.493 e. The van der Waals surface area contributed by atoms with E-state index in [2.05, 4.69) is 29.0 Å². The molecule has 3 heterocycles. The number of carbonyl (C=O) groups excluding carboxylic acids is 1. The lowest BCUT2D eigenvalue weighted by Gasteiger charge is -2.33. The Morgan fingerprint density at radius 2 is 2.03 bits per heavy atom. The number of methoxy groups -OCH3 is 1. The van der Waals surface area contributed by atoms with Gasteiger partial charge in [0.1, 0.15) is 11.9 Å². The van der Waals surface area contributed by atoms with Gasteiger partial charge in [-0.1, -0.05) is 0 Å². The predicted molar refractivity (Wildman–Crippen MR) is 129 cm³/mol. The fourth-order valence-electron chi connectivity index (χ4n) is 4.89. The fraction of sp³-hybridized carbons (Fsp3) is 0.600. The minimum Gasteiger partial charge on any atom is -0.493 e. The average Bonchev–Trinajstić information content (AvgIpc) is 3.29. The lowest BCUT2D eigenvalue weighted by atomic mass is 9.93. The van der Waals surface area contributed by atoms with Crippen molar-refractivity contribution in [2.75, 3.05) is 52.3 Å². The van der Waals surface area contributed by atoms with E-state index < -0.39 is 0 Å². The summed E-state index contributed by atoms with van der Waals surface area (Å²) >= 11 is 0. The number of benzene rings is 1. The zero-order chi connectivity index (χ0) is 23.4. The van der Waals surface area contributed by atoms with Crippen molar-refractivity contribution in [3.05, 3.63) is 23.3 Å². The molecule has 180 valence electrons. The second-order valence-electron chi connectivity index (χ2n) is 9.34. The van der Waals surface area contributed by atoms with E-state index in [4.69, 9.17) is 19.2 Å². The molecule has 1 atom stereocenters. The van der Waals surface area contributed by atoms with Crippen molar-refractivity contribution in [2.45, 2.75) is 51.8 Å². The molecule has 8 heteroatoms. The highest BCUT2D eigenvalue weighted by molar-refractivity contribution is 5.89. The maximum absolute atomic E-state index is 11.3. The number of rotatable bonds is 10. The second kappa shape index (κ2) is 10.6. The van der Waals surface area contributed by atoms with Crippen molar-refractivity contribution < 1.29 is 19.0 Å². The van der Waals surface area contributed by atoms with Crippen molar-refractivity contribution in [1.82, 2.24) is 14.8 Å². The van der Waals surface area contributed by atoms with Gasteiger partial charge in [0, 0.05) is 48.3 Å². The van der Waals surface area contributed by atoms with Crippen LogP contribution in [-0.2, 0) is 16.1 Å². The van der Waals surface area contributed by atoms with Crippen LogP contribution in [0.25, 0.3) is 10.9 Å². The van der Waals surface area contributed by atoms with E-state index in [0.717, 1.165) is 47.4 Å². The summed E-state index contributed by atoms with van der Waals surface area (Å²) in [4.78, 5) is 20.9. The maximum atomic E-state index is 11.3. The Kier molecular flexibility index (Phi) is 7.55. The number of pyridine rings is 1. The molecule has 2 aromatic rings. The van der Waals surface area contributed by atoms with Crippen LogP contribution < -0.4 is 14.8 Å². The molecule has 1 saturated heterocycles. The molecule has 0 saturated carbocycles. The van der Waals surface area contributed by atoms with E-state index >= 15 is 0 Å². The number of hydrogen-bond donors (Lipinski definition) is 1. The lowest BCUT2D eigenvalue weighted by molar-refractivity contribution is -0.135. The van der Waals surface area contributed by atoms with Crippen LogP contribution >= 0.6 is 0 Å². The summed E-state index contributed by atoms with van der Waals surface area (Å²) in [6.07, 6.45) is 3.20. The minimum atomic E-state index is -0.369. The van der Waals surface area contributed by atoms with Crippen LogP contribution in [0, 0.1) is 0 Å². The van der Waals surface area contributed by atoms with Crippen molar-refractivity contribution >= 4 is 23.2 Å². The zero-order valence-electron chi connectivity index (χ0n) is 20.2. The van der Waals surface area contributed by atoms with E-state index in [0.29, 0.717) is 31.1 Å². The predicted octanol–water partition coefficient (Wildman–Crippen LogP) is 3.59. The molecule has 0 aliphatic carbocycles. The first kappa shape index (κ1) is 23.6. The van der Waals surface area contributed by atoms with E-state index in [9.17, 15) is 4.79 Å². The van der Waals surface area contributed by atoms with Gasteiger partial charge in [-0.3, -0.25) is 9.69 Å². The molecule has 0 spiro atoms. The minimum absolute atomic E-state index is 0.219. The van der Waals surface area contributed by atoms with Gasteiger partial charge in [-0.15, -0.1) is 0 Å². The SMILES string of the molecule is COc1cc2c3c(c(NC(C)C)nc2cc1OCCCN1CCCC1)CN(C)CC3OC=O. The van der Waals surface area contributed by atoms with Crippen molar-refractivity contribution in [1.29, 1.82) is 0 Å². The number of ether oxygens (including phenoxy) is 3. The van der Waals surface area contributed by atoms with Gasteiger partial charge in [0.25, 0.3) is 6.47 Å². The van der Waals surface area contributed by atoms with Crippen LogP contribution in [0.4, 0.5) is 5.82 Å². The molecule has 33 heavy (non-hydrogen) atoms. The topological polar surface area (TPSA) is 76.2 Å². The summed E-state index contributed by atoms with van der Waals surface area (Å²) in [7, 11) is 3.67. The molecule has 1 aromatic carbocycles. The first-order valence-electron chi connectivity index (χ1n) is 11.9. The van der Waals surface area contributed by atoms with Crippen molar-refractivity contribution in [3.8, 4) is 11.5 Å². The molecule has 8 nitrogen and oxygen atoms in total. The number of anilines is 1. The molecule has 1 N–H and O–H groups in total. The summed E-state index contributed by atoms with van der Waals surface area (Å²) in [5.74, 6) is 2.18. The molecule has 2 aliphatic rings. The number of carbonyl (C=O) groups is 1. The molecule has 2 aliphatic heterocycles. The number of likely N-dealkylation sites (tertiary alicyclic amines) is 1. The Morgan fingerprint density at radius 1 is 1.24 bits per heavy atom. The Hall–Kier alpha value is -2.58. The Balaban J connectivity index is 1.69. The van der Waals surface area contributed by atoms with Gasteiger partial charge < -0.3 is 24.4 Å². The van der Waals surface area contributed by atoms with Gasteiger partial charge in [-0.05, 0) is 59.3 Å². The van der Waals surface area contributed by atoms with Crippen LogP contribution in [0.2, 0.25) is 0 Å². The highest BCUT2D eigenvalue weighted by atomic mass is 16.5. The van der Waals surface area contributed by atoms with E-state index in [1.807, 2.05) is 19.2 Å². The van der Waals surface area contributed by atoms with E-state index in [1.54, 1.807) is 7.11 Å². The molecular weight excluding hydrogens is 420 g/mol. The molecule has 0 bridgehead atoms. The summed E-state index contributed by atoms with van der Waals surface area (Å²) in [5, 5.41) is 4.41. The van der Waals surface area contributed by atoms with Crippen molar-refractivity contribution in [3.63, 3.8) is 0 Å². The fourth-order valence-corrected chi connectivity index (χ4v) is 4.89. The Bertz CT molecular complexity index is 975. The molecular formula is C25H36N4O4. The van der Waals surface area contributed by atoms with Gasteiger partial charge in [-0.2, -0.15) is 0 Å². The third-order valence-electron chi connectivity index (χ3n) is 6.36. The molecule has 1 fully saturated rings. The van der Waals surface area contributed by atoms with E-state index in [-0.39, 0.29) is 12.1 Å². The highest BCUT2D eigenvalue weighted by Crippen LogP contribution is 2.41. The summed E-state index contributed by atoms with van der Waals surface area (Å²) in [6, 6.07) is 4.14. The zero-order valence-corrected chi connectivity index (χ0v) is 20.2. The van der Waals surface area contributed by atoms with Gasteiger partial charge in [0.05, 0.1) is 19.2 Å². The van der Waals surface area contributed by atoms with Crippen molar-refractivity contribution in [2.24, 2.45) is 0 Å². The molecule has 0 radical (unpaired) electrons. The number of likely N-dealkylation sites (N-methyl/N-ethyl adjacent to an activating group) is 1. The highest BCUT2D eigenvalue weighted by Gasteiger charge is 2.31. The normalized spacial score (nSPS) is 19.0. The standard InChI is InChI=1S/C25H36N4O4/c1-17(2)26-25-19-14-28(3)15-23(33-16-30)24(19)18-12-21(31-4)22(13-20(18)27-25)32-11-7-10-29-8-5-6-9-29/h12-13,16-17,23H,5-11,14-15H2,1-4H3,(H,26,27). The quantitative estimate of drug-likeness (QED) is 0.429. The monoisotopic (exact) mass is 456 g/mol. The number of nitrogens with one attached hydrogen (secondary N) is 1. The van der Waals surface area contributed by atoms with Crippen LogP contribution in [-0.4, -0.2) is 74.2 Å². The number of aromatic nitrogens is 1. The number of fused-ring (bicyclic) bond motifs is 3. The van der Waals surface area contributed by atoms with Gasteiger partial charge >= 0.3 is 0 Å². The first-order valence-corrected chi connectivity index (χ1v) is 11.9. The van der Waals surface area contributed by atoms with Crippen LogP contribution in [0.1, 0.15) is 50.3 Å².